The van der Waals surface area contributed by atoms with Crippen molar-refractivity contribution < 1.29 is 67.8 Å². The van der Waals surface area contributed by atoms with Crippen molar-refractivity contribution in [1.29, 1.82) is 0 Å². The number of aliphatic hydroxyl groups excluding tert-OH is 2. The molecule has 3 aromatic rings. The highest BCUT2D eigenvalue weighted by Crippen LogP contribution is 2.64. The van der Waals surface area contributed by atoms with Crippen LogP contribution in [0.25, 0.3) is 0 Å². The van der Waals surface area contributed by atoms with Gasteiger partial charge in [-0.25, -0.2) is 9.59 Å². The zero-order valence-corrected chi connectivity index (χ0v) is 37.9. The molecule has 66 heavy (non-hydrogen) atoms. The maximum absolute atomic E-state index is 15.6. The lowest BCUT2D eigenvalue weighted by atomic mass is 9.44. The van der Waals surface area contributed by atoms with Crippen molar-refractivity contribution in [2.75, 3.05) is 6.61 Å². The van der Waals surface area contributed by atoms with Crippen LogP contribution in [0.4, 0.5) is 0 Å². The third-order valence-corrected chi connectivity index (χ3v) is 15.2. The molecule has 3 fully saturated rings. The van der Waals surface area contributed by atoms with Crippen LogP contribution in [-0.4, -0.2) is 111 Å². The molecule has 5 aliphatic rings. The number of carbonyl (C=O) groups is 6. The predicted octanol–water partition coefficient (Wildman–Crippen LogP) is 4.48. The molecule has 3 aliphatic carbocycles. The first kappa shape index (κ1) is 46.8. The Morgan fingerprint density at radius 2 is 1.50 bits per heavy atom. The predicted molar refractivity (Wildman–Crippen MR) is 234 cm³/mol. The van der Waals surface area contributed by atoms with E-state index in [-0.39, 0.29) is 41.7 Å². The van der Waals surface area contributed by atoms with Gasteiger partial charge < -0.3 is 44.3 Å². The van der Waals surface area contributed by atoms with Gasteiger partial charge in [-0.1, -0.05) is 80.6 Å². The van der Waals surface area contributed by atoms with Gasteiger partial charge in [-0.05, 0) is 73.6 Å². The number of carbonyl (C=O) groups excluding carboxylic acids is 6. The van der Waals surface area contributed by atoms with Crippen molar-refractivity contribution in [1.82, 2.24) is 5.32 Å². The minimum Gasteiger partial charge on any atom is -0.456 e. The summed E-state index contributed by atoms with van der Waals surface area (Å²) in [6.45, 7) is 8.12. The Labute approximate surface area is 382 Å². The number of nitrogens with one attached hydrogen (secondary N) is 1. The van der Waals surface area contributed by atoms with Gasteiger partial charge in [-0.2, -0.15) is 0 Å². The Morgan fingerprint density at radius 1 is 0.848 bits per heavy atom. The van der Waals surface area contributed by atoms with E-state index in [0.29, 0.717) is 24.0 Å². The number of esters is 4. The number of hydrogen-bond donors (Lipinski definition) is 4. The first-order valence-corrected chi connectivity index (χ1v) is 22.5. The number of aliphatic hydroxyl groups is 3. The molecule has 2 saturated carbocycles. The number of Topliss-reactive ketones (excluding diaryl/α,β-unsaturated/α-hetero) is 1. The van der Waals surface area contributed by atoms with Crippen molar-refractivity contribution in [2.45, 2.75) is 133 Å². The van der Waals surface area contributed by atoms with Gasteiger partial charge in [0.15, 0.2) is 23.6 Å². The number of fused-ring (bicyclic) bond motifs is 7. The molecule has 3 bridgehead atoms. The molecule has 1 saturated heterocycles. The highest BCUT2D eigenvalue weighted by molar-refractivity contribution is 5.96. The van der Waals surface area contributed by atoms with Crippen LogP contribution in [0.1, 0.15) is 105 Å². The third kappa shape index (κ3) is 7.63. The van der Waals surface area contributed by atoms with Crippen LogP contribution in [0.2, 0.25) is 0 Å². The Morgan fingerprint density at radius 3 is 2.14 bits per heavy atom. The van der Waals surface area contributed by atoms with E-state index in [2.05, 4.69) is 5.32 Å². The van der Waals surface area contributed by atoms with Crippen molar-refractivity contribution in [3.05, 3.63) is 118 Å². The van der Waals surface area contributed by atoms with Crippen LogP contribution in [0.3, 0.4) is 0 Å². The van der Waals surface area contributed by atoms with Gasteiger partial charge in [-0.15, -0.1) is 0 Å². The van der Waals surface area contributed by atoms with E-state index in [0.717, 1.165) is 6.92 Å². The van der Waals surface area contributed by atoms with Crippen LogP contribution < -0.4 is 5.32 Å². The number of ketones is 1. The van der Waals surface area contributed by atoms with Crippen LogP contribution in [-0.2, 0) is 49.3 Å². The second kappa shape index (κ2) is 17.5. The monoisotopic (exact) mass is 907 g/mol. The molecule has 8 rings (SSSR count). The van der Waals surface area contributed by atoms with E-state index in [1.807, 2.05) is 30.3 Å². The summed E-state index contributed by atoms with van der Waals surface area (Å²) in [6.07, 6.45) is -9.47. The molecule has 2 heterocycles. The lowest BCUT2D eigenvalue weighted by molar-refractivity contribution is -0.346. The molecule has 0 aromatic heterocycles. The van der Waals surface area contributed by atoms with Gasteiger partial charge in [0.1, 0.15) is 23.9 Å². The van der Waals surface area contributed by atoms with Crippen molar-refractivity contribution >= 4 is 35.6 Å². The summed E-state index contributed by atoms with van der Waals surface area (Å²) >= 11 is 0. The van der Waals surface area contributed by atoms with Gasteiger partial charge in [0.05, 0.1) is 35.6 Å². The SMILES string of the molecule is CC(=O)OC1C(=O)C2(C)C(O)CC3OCC3(OC(C)=O)C2C2OC(=O)c3ccccc3CCCC(c3ccccc3)C(NC(=O)c3ccccc3)C(O)C(=O)OC3CC2(O)C(C)(C)C1=C3C. The second-order valence-electron chi connectivity index (χ2n) is 19.2. The number of amides is 1. The summed E-state index contributed by atoms with van der Waals surface area (Å²) in [5, 5.41) is 41.3. The first-order valence-electron chi connectivity index (χ1n) is 22.5. The van der Waals surface area contributed by atoms with Gasteiger partial charge in [0, 0.05) is 43.6 Å². The molecule has 12 atom stereocenters. The summed E-state index contributed by atoms with van der Waals surface area (Å²) in [4.78, 5) is 85.6. The highest BCUT2D eigenvalue weighted by Gasteiger charge is 2.78. The van der Waals surface area contributed by atoms with E-state index in [1.54, 1.807) is 75.4 Å². The summed E-state index contributed by atoms with van der Waals surface area (Å²) in [5.41, 5.74) is -5.99. The molecular formula is C51H57NO14. The van der Waals surface area contributed by atoms with Crippen molar-refractivity contribution in [3.8, 4) is 0 Å². The van der Waals surface area contributed by atoms with Crippen molar-refractivity contribution in [3.63, 3.8) is 0 Å². The molecule has 0 spiro atoms. The molecule has 15 nitrogen and oxygen atoms in total. The molecule has 12 unspecified atom stereocenters. The van der Waals surface area contributed by atoms with E-state index in [1.165, 1.54) is 13.8 Å². The largest absolute Gasteiger partial charge is 0.456 e. The molecule has 15 heteroatoms. The zero-order chi connectivity index (χ0) is 47.5. The second-order valence-corrected chi connectivity index (χ2v) is 19.2. The number of rotatable bonds is 5. The molecular weight excluding hydrogens is 851 g/mol. The molecule has 350 valence electrons. The Bertz CT molecular complexity index is 2450. The number of aryl methyl sites for hydroxylation is 1. The van der Waals surface area contributed by atoms with E-state index in [4.69, 9.17) is 23.7 Å². The molecule has 2 aliphatic heterocycles. The van der Waals surface area contributed by atoms with Crippen molar-refractivity contribution in [2.24, 2.45) is 16.7 Å². The standard InChI is InChI=1S/C51H57NO14/c1-27-35-25-51(61)44(42-49(6,36(55)24-37-50(42,26-62-37)66-29(3)54)43(57)41(63-28(2)53)38(27)48(51,4)5)65-46(59)34-22-14-13-18-31(34)21-15-23-33(30-16-9-7-10-17-30)39(40(56)47(60)64-35)52-45(58)32-19-11-8-12-20-32/h7-14,16-20,22,33,35-37,39-42,44,55-56,61H,15,21,23-26H2,1-6H3,(H,52,58). The summed E-state index contributed by atoms with van der Waals surface area (Å²) in [7, 11) is 0. The maximum Gasteiger partial charge on any atom is 0.338 e. The molecule has 3 aromatic carbocycles. The molecule has 1 amide bonds. The summed E-state index contributed by atoms with van der Waals surface area (Å²) in [5.74, 6) is -7.36. The number of benzene rings is 3. The highest BCUT2D eigenvalue weighted by atomic mass is 16.6. The minimum atomic E-state index is -2.39. The van der Waals surface area contributed by atoms with E-state index >= 15 is 9.59 Å². The van der Waals surface area contributed by atoms with Gasteiger partial charge >= 0.3 is 23.9 Å². The Hall–Kier alpha value is -5.74. The first-order chi connectivity index (χ1) is 31.3. The lowest BCUT2D eigenvalue weighted by Crippen LogP contribution is -2.82. The normalized spacial score (nSPS) is 35.2. The minimum absolute atomic E-state index is 0.0165. The number of hydrogen-bond acceptors (Lipinski definition) is 14. The fourth-order valence-electron chi connectivity index (χ4n) is 11.7. The van der Waals surface area contributed by atoms with Gasteiger partial charge in [0.25, 0.3) is 5.91 Å². The summed E-state index contributed by atoms with van der Waals surface area (Å²) < 4.78 is 30.9. The van der Waals surface area contributed by atoms with E-state index in [9.17, 15) is 34.5 Å². The van der Waals surface area contributed by atoms with Crippen LogP contribution in [0.5, 0.6) is 0 Å². The average Bonchev–Trinajstić information content (AvgIpc) is 3.28. The fraction of sp³-hybridized carbons (Fsp3) is 0.490. The number of ether oxygens (including phenoxy) is 5. The van der Waals surface area contributed by atoms with Gasteiger partial charge in [0.2, 0.25) is 0 Å². The van der Waals surface area contributed by atoms with E-state index < -0.39 is 119 Å². The third-order valence-electron chi connectivity index (χ3n) is 15.2. The molecule has 0 radical (unpaired) electrons. The molecule has 4 N–H and O–H groups in total. The lowest BCUT2D eigenvalue weighted by Gasteiger charge is -2.67. The van der Waals surface area contributed by atoms with Crippen LogP contribution in [0.15, 0.2) is 96.1 Å². The maximum atomic E-state index is 15.6. The average molecular weight is 908 g/mol. The Kier molecular flexibility index (Phi) is 12.4. The van der Waals surface area contributed by atoms with Crippen LogP contribution in [0, 0.1) is 16.7 Å². The van der Waals surface area contributed by atoms with Gasteiger partial charge in [-0.3, -0.25) is 19.2 Å². The Balaban J connectivity index is 1.37. The topological polar surface area (TPSA) is 221 Å². The smallest absolute Gasteiger partial charge is 0.338 e. The van der Waals surface area contributed by atoms with Crippen LogP contribution >= 0.6 is 0 Å². The quantitative estimate of drug-likeness (QED) is 0.158. The fourth-order valence-corrected chi connectivity index (χ4v) is 11.7. The summed E-state index contributed by atoms with van der Waals surface area (Å²) in [6, 6.07) is 22.9. The zero-order valence-electron chi connectivity index (χ0n) is 37.9.